The Morgan fingerprint density at radius 3 is 2.21 bits per heavy atom. The summed E-state index contributed by atoms with van der Waals surface area (Å²) in [4.78, 5) is 50.8. The first-order valence-corrected chi connectivity index (χ1v) is 10.7. The van der Waals surface area contributed by atoms with Gasteiger partial charge in [0.05, 0.1) is 11.0 Å². The maximum atomic E-state index is 12.6. The molecule has 10 heteroatoms. The first-order valence-electron chi connectivity index (χ1n) is 10.7. The minimum atomic E-state index is -0.676. The topological polar surface area (TPSA) is 125 Å². The molecule has 33 heavy (non-hydrogen) atoms. The van der Waals surface area contributed by atoms with Gasteiger partial charge in [0.25, 0.3) is 11.6 Å². The van der Waals surface area contributed by atoms with Crippen LogP contribution in [-0.2, 0) is 9.59 Å². The molecule has 1 saturated heterocycles. The first kappa shape index (κ1) is 23.9. The van der Waals surface area contributed by atoms with Crippen LogP contribution in [0.25, 0.3) is 0 Å². The summed E-state index contributed by atoms with van der Waals surface area (Å²) in [5.41, 5.74) is 1.28. The summed E-state index contributed by atoms with van der Waals surface area (Å²) in [7, 11) is 0. The molecule has 2 aromatic carbocycles. The quantitative estimate of drug-likeness (QED) is 0.370. The molecule has 1 fully saturated rings. The summed E-state index contributed by atoms with van der Waals surface area (Å²) in [6, 6.07) is 14.7. The highest BCUT2D eigenvalue weighted by molar-refractivity contribution is 6.35. The zero-order valence-corrected chi connectivity index (χ0v) is 18.4. The Labute approximate surface area is 191 Å². The van der Waals surface area contributed by atoms with E-state index in [9.17, 15) is 24.5 Å². The number of hydrogen-bond donors (Lipinski definition) is 2. The summed E-state index contributed by atoms with van der Waals surface area (Å²) >= 11 is 0. The van der Waals surface area contributed by atoms with Crippen LogP contribution < -0.4 is 10.6 Å². The van der Waals surface area contributed by atoms with E-state index in [1.54, 1.807) is 4.90 Å². The second-order valence-electron chi connectivity index (χ2n) is 7.80. The Bertz CT molecular complexity index is 988. The number of nitrogens with zero attached hydrogens (tertiary/aromatic N) is 3. The van der Waals surface area contributed by atoms with Crippen molar-refractivity contribution in [3.63, 3.8) is 0 Å². The summed E-state index contributed by atoms with van der Waals surface area (Å²) < 4.78 is 0. The fourth-order valence-corrected chi connectivity index (χ4v) is 3.58. The molecule has 0 saturated carbocycles. The van der Waals surface area contributed by atoms with Gasteiger partial charge >= 0.3 is 11.8 Å². The highest BCUT2D eigenvalue weighted by Gasteiger charge is 2.23. The van der Waals surface area contributed by atoms with Gasteiger partial charge in [-0.25, -0.2) is 0 Å². The van der Waals surface area contributed by atoms with Gasteiger partial charge in [-0.15, -0.1) is 0 Å². The Morgan fingerprint density at radius 2 is 1.61 bits per heavy atom. The Morgan fingerprint density at radius 1 is 0.970 bits per heavy atom. The smallest absolute Gasteiger partial charge is 0.309 e. The fraction of sp³-hybridized carbons (Fsp3) is 0.348. The predicted octanol–water partition coefficient (Wildman–Crippen LogP) is 1.35. The van der Waals surface area contributed by atoms with E-state index in [1.165, 1.54) is 24.3 Å². The van der Waals surface area contributed by atoms with Gasteiger partial charge in [0.15, 0.2) is 0 Å². The molecule has 0 aromatic heterocycles. The lowest BCUT2D eigenvalue weighted by molar-refractivity contribution is -0.384. The van der Waals surface area contributed by atoms with E-state index < -0.39 is 16.7 Å². The molecule has 0 unspecified atom stereocenters. The summed E-state index contributed by atoms with van der Waals surface area (Å²) in [6.07, 6.45) is 0. The third kappa shape index (κ3) is 6.59. The Kier molecular flexibility index (Phi) is 8.09. The van der Waals surface area contributed by atoms with Gasteiger partial charge in [-0.1, -0.05) is 30.3 Å². The van der Waals surface area contributed by atoms with Crippen LogP contribution in [0.1, 0.15) is 28.9 Å². The van der Waals surface area contributed by atoms with Crippen molar-refractivity contribution in [3.8, 4) is 0 Å². The molecule has 0 aliphatic carbocycles. The lowest BCUT2D eigenvalue weighted by atomic mass is 10.1. The average molecular weight is 453 g/mol. The van der Waals surface area contributed by atoms with Crippen molar-refractivity contribution < 1.29 is 19.3 Å². The Balaban J connectivity index is 1.37. The van der Waals surface area contributed by atoms with Crippen LogP contribution in [0.15, 0.2) is 54.6 Å². The monoisotopic (exact) mass is 453 g/mol. The Hall–Kier alpha value is -3.79. The highest BCUT2D eigenvalue weighted by atomic mass is 16.6. The number of rotatable bonds is 7. The van der Waals surface area contributed by atoms with Crippen molar-refractivity contribution in [1.29, 1.82) is 0 Å². The van der Waals surface area contributed by atoms with Crippen molar-refractivity contribution in [3.05, 3.63) is 75.8 Å². The van der Waals surface area contributed by atoms with Crippen LogP contribution in [0.3, 0.4) is 0 Å². The zero-order valence-electron chi connectivity index (χ0n) is 18.4. The van der Waals surface area contributed by atoms with Gasteiger partial charge < -0.3 is 15.5 Å². The zero-order chi connectivity index (χ0) is 23.8. The molecule has 10 nitrogen and oxygen atoms in total. The number of carbonyl (C=O) groups is 3. The summed E-state index contributed by atoms with van der Waals surface area (Å²) in [5, 5.41) is 16.1. The molecule has 1 atom stereocenters. The van der Waals surface area contributed by atoms with E-state index in [4.69, 9.17) is 0 Å². The maximum absolute atomic E-state index is 12.6. The number of carbonyl (C=O) groups excluding carboxylic acids is 3. The van der Waals surface area contributed by atoms with E-state index in [-0.39, 0.29) is 17.6 Å². The molecular formula is C23H27N5O5. The molecule has 2 N–H and O–H groups in total. The largest absolute Gasteiger partial charge is 0.347 e. The number of hydrogen-bond acceptors (Lipinski definition) is 6. The number of nitrogens with one attached hydrogen (secondary N) is 2. The molecular weight excluding hydrogens is 426 g/mol. The highest BCUT2D eigenvalue weighted by Crippen LogP contribution is 2.15. The predicted molar refractivity (Wildman–Crippen MR) is 121 cm³/mol. The second-order valence-corrected chi connectivity index (χ2v) is 7.80. The van der Waals surface area contributed by atoms with Gasteiger partial charge in [-0.3, -0.25) is 29.4 Å². The van der Waals surface area contributed by atoms with Crippen molar-refractivity contribution in [2.75, 3.05) is 39.3 Å². The standard InChI is InChI=1S/C23H27N5O5/c1-17(18-5-3-2-4-6-18)25-22(30)21(29)24-11-12-26-13-15-27(16-14-26)23(31)19-7-9-20(10-8-19)28(32)33/h2-10,17H,11-16H2,1H3,(H,24,29)(H,25,30)/t17-/m0/s1. The van der Waals surface area contributed by atoms with E-state index in [2.05, 4.69) is 15.5 Å². The van der Waals surface area contributed by atoms with Crippen LogP contribution in [0, 0.1) is 10.1 Å². The maximum Gasteiger partial charge on any atom is 0.309 e. The number of amides is 3. The van der Waals surface area contributed by atoms with Gasteiger partial charge in [0.2, 0.25) is 0 Å². The molecule has 0 radical (unpaired) electrons. The van der Waals surface area contributed by atoms with Crippen molar-refractivity contribution in [2.24, 2.45) is 0 Å². The van der Waals surface area contributed by atoms with Gasteiger partial charge in [-0.05, 0) is 24.6 Å². The molecule has 3 amide bonds. The molecule has 1 aliphatic rings. The van der Waals surface area contributed by atoms with Crippen LogP contribution in [0.4, 0.5) is 5.69 Å². The summed E-state index contributed by atoms with van der Waals surface area (Å²) in [5.74, 6) is -1.52. The van der Waals surface area contributed by atoms with E-state index >= 15 is 0 Å². The SMILES string of the molecule is C[C@H](NC(=O)C(=O)NCCN1CCN(C(=O)c2ccc([N+](=O)[O-])cc2)CC1)c1ccccc1. The van der Waals surface area contributed by atoms with Crippen LogP contribution in [-0.4, -0.2) is 71.7 Å². The molecule has 0 bridgehead atoms. The molecule has 2 aromatic rings. The van der Waals surface area contributed by atoms with Gasteiger partial charge in [-0.2, -0.15) is 0 Å². The third-order valence-electron chi connectivity index (χ3n) is 5.55. The van der Waals surface area contributed by atoms with Crippen LogP contribution in [0.2, 0.25) is 0 Å². The molecule has 0 spiro atoms. The van der Waals surface area contributed by atoms with Crippen molar-refractivity contribution >= 4 is 23.4 Å². The number of nitro benzene ring substituents is 1. The van der Waals surface area contributed by atoms with Gasteiger partial charge in [0, 0.05) is 57.0 Å². The third-order valence-corrected chi connectivity index (χ3v) is 5.55. The summed E-state index contributed by atoms with van der Waals surface area (Å²) in [6.45, 7) is 4.99. The normalized spacial score (nSPS) is 14.9. The lowest BCUT2D eigenvalue weighted by Crippen LogP contribution is -2.51. The second kappa shape index (κ2) is 11.2. The minimum absolute atomic E-state index is 0.0541. The lowest BCUT2D eigenvalue weighted by Gasteiger charge is -2.34. The van der Waals surface area contributed by atoms with Gasteiger partial charge in [0.1, 0.15) is 0 Å². The first-order chi connectivity index (χ1) is 15.8. The molecule has 1 aliphatic heterocycles. The number of piperazine rings is 1. The number of nitro groups is 1. The van der Waals surface area contributed by atoms with Crippen LogP contribution >= 0.6 is 0 Å². The molecule has 3 rings (SSSR count). The fourth-order valence-electron chi connectivity index (χ4n) is 3.58. The minimum Gasteiger partial charge on any atom is -0.347 e. The average Bonchev–Trinajstić information content (AvgIpc) is 2.84. The van der Waals surface area contributed by atoms with Crippen LogP contribution in [0.5, 0.6) is 0 Å². The van der Waals surface area contributed by atoms with E-state index in [1.807, 2.05) is 37.3 Å². The van der Waals surface area contributed by atoms with E-state index in [0.717, 1.165) is 5.56 Å². The number of benzene rings is 2. The molecule has 174 valence electrons. The molecule has 1 heterocycles. The van der Waals surface area contributed by atoms with Crippen molar-refractivity contribution in [2.45, 2.75) is 13.0 Å². The number of non-ortho nitro benzene ring substituents is 1. The van der Waals surface area contributed by atoms with Crippen molar-refractivity contribution in [1.82, 2.24) is 20.4 Å². The van der Waals surface area contributed by atoms with E-state index in [0.29, 0.717) is 44.8 Å².